The molecule has 1 atom stereocenters. The Morgan fingerprint density at radius 2 is 1.96 bits per heavy atom. The summed E-state index contributed by atoms with van der Waals surface area (Å²) in [5.74, 6) is -0.137. The maximum absolute atomic E-state index is 12.4. The summed E-state index contributed by atoms with van der Waals surface area (Å²) in [6, 6.07) is 14.0. The van der Waals surface area contributed by atoms with Crippen molar-refractivity contribution in [1.29, 1.82) is 0 Å². The monoisotopic (exact) mass is 415 g/mol. The number of amides is 1. The lowest BCUT2D eigenvalue weighted by Crippen LogP contribution is -2.49. The van der Waals surface area contributed by atoms with Crippen molar-refractivity contribution >= 4 is 34.8 Å². The van der Waals surface area contributed by atoms with Crippen molar-refractivity contribution in [2.24, 2.45) is 0 Å². The molecule has 0 bridgehead atoms. The van der Waals surface area contributed by atoms with E-state index in [1.807, 2.05) is 0 Å². The second kappa shape index (κ2) is 8.46. The summed E-state index contributed by atoms with van der Waals surface area (Å²) in [7, 11) is 0. The highest BCUT2D eigenvalue weighted by atomic mass is 35.5. The quantitative estimate of drug-likeness (QED) is 0.786. The van der Waals surface area contributed by atoms with Gasteiger partial charge in [0.25, 0.3) is 5.91 Å². The average molecular weight is 416 g/mol. The first-order chi connectivity index (χ1) is 13.6. The predicted molar refractivity (Wildman–Crippen MR) is 115 cm³/mol. The van der Waals surface area contributed by atoms with Crippen LogP contribution in [-0.2, 0) is 6.42 Å². The second-order valence-corrected chi connectivity index (χ2v) is 8.04. The van der Waals surface area contributed by atoms with Gasteiger partial charge in [-0.25, -0.2) is 0 Å². The van der Waals surface area contributed by atoms with Gasteiger partial charge in [0.2, 0.25) is 0 Å². The molecule has 28 heavy (non-hydrogen) atoms. The lowest BCUT2D eigenvalue weighted by Gasteiger charge is -2.40. The summed E-state index contributed by atoms with van der Waals surface area (Å²) in [5.41, 5.74) is 3.06. The predicted octanol–water partition coefficient (Wildman–Crippen LogP) is 4.37. The molecule has 2 aliphatic rings. The standard InChI is InChI=1S/C22H23Cl2N3O/c23-19-8-7-17(14-20(19)24)22(28)25-10-9-16-4-1-2-6-21(16)27-13-12-26-11-3-5-18(26)15-27/h1-4,6-8,11,14,18H,5,9-10,12-13,15H2,(H,25,28). The van der Waals surface area contributed by atoms with E-state index in [0.29, 0.717) is 28.2 Å². The Morgan fingerprint density at radius 3 is 2.82 bits per heavy atom. The van der Waals surface area contributed by atoms with Crippen LogP contribution in [0.5, 0.6) is 0 Å². The molecule has 0 spiro atoms. The van der Waals surface area contributed by atoms with E-state index < -0.39 is 0 Å². The number of carbonyl (C=O) groups excluding carboxylic acids is 1. The van der Waals surface area contributed by atoms with Crippen molar-refractivity contribution in [2.75, 3.05) is 31.1 Å². The Balaban J connectivity index is 1.37. The number of hydrogen-bond donors (Lipinski definition) is 1. The highest BCUT2D eigenvalue weighted by Gasteiger charge is 2.27. The van der Waals surface area contributed by atoms with Crippen LogP contribution in [0, 0.1) is 0 Å². The molecule has 2 heterocycles. The van der Waals surface area contributed by atoms with E-state index in [0.717, 1.165) is 32.5 Å². The number of fused-ring (bicyclic) bond motifs is 1. The van der Waals surface area contributed by atoms with Crippen molar-refractivity contribution < 1.29 is 4.79 Å². The Bertz CT molecular complexity index is 899. The SMILES string of the molecule is O=C(NCCc1ccccc1N1CCN2C=CCC2C1)c1ccc(Cl)c(Cl)c1. The highest BCUT2D eigenvalue weighted by molar-refractivity contribution is 6.42. The second-order valence-electron chi connectivity index (χ2n) is 7.22. The molecule has 1 unspecified atom stereocenters. The molecule has 0 aromatic heterocycles. The largest absolute Gasteiger partial charge is 0.371 e. The number of para-hydroxylation sites is 1. The minimum atomic E-state index is -0.137. The zero-order valence-electron chi connectivity index (χ0n) is 15.6. The van der Waals surface area contributed by atoms with Crippen molar-refractivity contribution in [2.45, 2.75) is 18.9 Å². The van der Waals surface area contributed by atoms with Crippen LogP contribution >= 0.6 is 23.2 Å². The van der Waals surface area contributed by atoms with Gasteiger partial charge >= 0.3 is 0 Å². The fraction of sp³-hybridized carbons (Fsp3) is 0.318. The fourth-order valence-corrected chi connectivity index (χ4v) is 4.23. The van der Waals surface area contributed by atoms with E-state index in [1.54, 1.807) is 18.2 Å². The number of nitrogens with one attached hydrogen (secondary N) is 1. The molecule has 1 saturated heterocycles. The Morgan fingerprint density at radius 1 is 1.11 bits per heavy atom. The molecule has 4 rings (SSSR count). The van der Waals surface area contributed by atoms with Crippen molar-refractivity contribution in [3.05, 3.63) is 75.9 Å². The van der Waals surface area contributed by atoms with E-state index in [9.17, 15) is 4.79 Å². The molecular weight excluding hydrogens is 393 g/mol. The molecule has 1 amide bonds. The number of nitrogens with zero attached hydrogens (tertiary/aromatic N) is 2. The molecule has 4 nitrogen and oxygen atoms in total. The molecule has 6 heteroatoms. The van der Waals surface area contributed by atoms with Crippen LogP contribution in [0.3, 0.4) is 0 Å². The molecule has 2 aromatic carbocycles. The lowest BCUT2D eigenvalue weighted by molar-refractivity contribution is 0.0954. The number of carbonyl (C=O) groups is 1. The van der Waals surface area contributed by atoms with E-state index in [-0.39, 0.29) is 5.91 Å². The number of piperazine rings is 1. The van der Waals surface area contributed by atoms with E-state index >= 15 is 0 Å². The molecule has 1 N–H and O–H groups in total. The molecule has 0 aliphatic carbocycles. The Labute approximate surface area is 175 Å². The van der Waals surface area contributed by atoms with Gasteiger partial charge in [-0.15, -0.1) is 0 Å². The Hall–Kier alpha value is -2.17. The van der Waals surface area contributed by atoms with Gasteiger partial charge in [0.05, 0.1) is 10.0 Å². The van der Waals surface area contributed by atoms with E-state index in [2.05, 4.69) is 51.7 Å². The van der Waals surface area contributed by atoms with Gasteiger partial charge in [0.15, 0.2) is 0 Å². The maximum atomic E-state index is 12.4. The van der Waals surface area contributed by atoms with Crippen LogP contribution in [0.25, 0.3) is 0 Å². The molecule has 1 fully saturated rings. The summed E-state index contributed by atoms with van der Waals surface area (Å²) < 4.78 is 0. The number of benzene rings is 2. The van der Waals surface area contributed by atoms with Crippen LogP contribution in [0.1, 0.15) is 22.3 Å². The number of hydrogen-bond acceptors (Lipinski definition) is 3. The van der Waals surface area contributed by atoms with Gasteiger partial charge in [-0.1, -0.05) is 47.5 Å². The summed E-state index contributed by atoms with van der Waals surface area (Å²) in [5, 5.41) is 3.82. The first-order valence-corrected chi connectivity index (χ1v) is 10.4. The van der Waals surface area contributed by atoms with E-state index in [1.165, 1.54) is 11.3 Å². The molecule has 0 saturated carbocycles. The molecular formula is C22H23Cl2N3O. The Kier molecular flexibility index (Phi) is 5.79. The van der Waals surface area contributed by atoms with Crippen LogP contribution in [0.4, 0.5) is 5.69 Å². The summed E-state index contributed by atoms with van der Waals surface area (Å²) in [6.45, 7) is 3.69. The topological polar surface area (TPSA) is 35.6 Å². The number of rotatable bonds is 5. The minimum Gasteiger partial charge on any atom is -0.371 e. The van der Waals surface area contributed by atoms with Gasteiger partial charge in [0.1, 0.15) is 0 Å². The van der Waals surface area contributed by atoms with Crippen LogP contribution in [0.15, 0.2) is 54.7 Å². The van der Waals surface area contributed by atoms with Gasteiger partial charge in [-0.05, 0) is 48.9 Å². The molecule has 0 radical (unpaired) electrons. The van der Waals surface area contributed by atoms with Crippen molar-refractivity contribution in [1.82, 2.24) is 10.2 Å². The van der Waals surface area contributed by atoms with Gasteiger partial charge in [-0.2, -0.15) is 0 Å². The van der Waals surface area contributed by atoms with Crippen LogP contribution < -0.4 is 10.2 Å². The summed E-state index contributed by atoms with van der Waals surface area (Å²) in [6.07, 6.45) is 6.40. The van der Waals surface area contributed by atoms with Gasteiger partial charge < -0.3 is 15.1 Å². The molecule has 2 aromatic rings. The fourth-order valence-electron chi connectivity index (χ4n) is 3.93. The minimum absolute atomic E-state index is 0.137. The summed E-state index contributed by atoms with van der Waals surface area (Å²) in [4.78, 5) is 17.3. The van der Waals surface area contributed by atoms with Gasteiger partial charge in [0, 0.05) is 43.5 Å². The highest BCUT2D eigenvalue weighted by Crippen LogP contribution is 2.27. The van der Waals surface area contributed by atoms with Crippen LogP contribution in [0.2, 0.25) is 10.0 Å². The lowest BCUT2D eigenvalue weighted by atomic mass is 10.1. The summed E-state index contributed by atoms with van der Waals surface area (Å²) >= 11 is 11.9. The molecule has 146 valence electrons. The third-order valence-electron chi connectivity index (χ3n) is 5.43. The number of halogens is 2. The third kappa shape index (κ3) is 4.13. The average Bonchev–Trinajstić information content (AvgIpc) is 3.18. The normalized spacial score (nSPS) is 18.3. The number of anilines is 1. The van der Waals surface area contributed by atoms with Gasteiger partial charge in [-0.3, -0.25) is 4.79 Å². The smallest absolute Gasteiger partial charge is 0.251 e. The first kappa shape index (κ1) is 19.2. The van der Waals surface area contributed by atoms with Crippen molar-refractivity contribution in [3.63, 3.8) is 0 Å². The third-order valence-corrected chi connectivity index (χ3v) is 6.17. The first-order valence-electron chi connectivity index (χ1n) is 9.60. The van der Waals surface area contributed by atoms with Crippen molar-refractivity contribution in [3.8, 4) is 0 Å². The maximum Gasteiger partial charge on any atom is 0.251 e. The van der Waals surface area contributed by atoms with E-state index in [4.69, 9.17) is 23.2 Å². The molecule has 2 aliphatic heterocycles. The zero-order valence-corrected chi connectivity index (χ0v) is 17.1. The zero-order chi connectivity index (χ0) is 19.5. The van der Waals surface area contributed by atoms with Crippen LogP contribution in [-0.4, -0.2) is 43.0 Å².